The third kappa shape index (κ3) is 2.99. The fourth-order valence-electron chi connectivity index (χ4n) is 2.13. The maximum atomic E-state index is 11.6. The number of anilines is 1. The van der Waals surface area contributed by atoms with Gasteiger partial charge in [-0.25, -0.2) is 0 Å². The van der Waals surface area contributed by atoms with Crippen LogP contribution in [0.2, 0.25) is 0 Å². The minimum atomic E-state index is 0.152. The summed E-state index contributed by atoms with van der Waals surface area (Å²) in [5.74, 6) is 0.152. The van der Waals surface area contributed by atoms with Gasteiger partial charge in [-0.3, -0.25) is 4.79 Å². The highest BCUT2D eigenvalue weighted by atomic mass is 16.2. The van der Waals surface area contributed by atoms with Crippen LogP contribution in [0.3, 0.4) is 0 Å². The van der Waals surface area contributed by atoms with Crippen molar-refractivity contribution in [3.8, 4) is 0 Å². The lowest BCUT2D eigenvalue weighted by Gasteiger charge is -2.18. The molecule has 1 aliphatic rings. The van der Waals surface area contributed by atoms with Crippen LogP contribution in [-0.2, 0) is 11.2 Å². The van der Waals surface area contributed by atoms with Gasteiger partial charge >= 0.3 is 0 Å². The summed E-state index contributed by atoms with van der Waals surface area (Å²) in [6, 6.07) is 8.39. The van der Waals surface area contributed by atoms with Crippen molar-refractivity contribution in [1.29, 1.82) is 0 Å². The molecule has 1 amide bonds. The quantitative estimate of drug-likeness (QED) is 0.795. The van der Waals surface area contributed by atoms with E-state index in [0.717, 1.165) is 18.7 Å². The van der Waals surface area contributed by atoms with E-state index in [1.807, 2.05) is 0 Å². The summed E-state index contributed by atoms with van der Waals surface area (Å²) in [4.78, 5) is 15.6. The molecule has 0 unspecified atom stereocenters. The monoisotopic (exact) mass is 232 g/mol. The van der Waals surface area contributed by atoms with Gasteiger partial charge < -0.3 is 9.80 Å². The summed E-state index contributed by atoms with van der Waals surface area (Å²) < 4.78 is 0. The van der Waals surface area contributed by atoms with Gasteiger partial charge in [-0.15, -0.1) is 0 Å². The van der Waals surface area contributed by atoms with Crippen LogP contribution in [-0.4, -0.2) is 38.0 Å². The molecule has 1 heterocycles. The standard InChI is InChI=1S/C14H20N2O/c1-15(2)14(17)11-12-5-7-13(8-6-12)16-9-3-4-10-16/h5-8H,3-4,9-11H2,1-2H3. The number of likely N-dealkylation sites (N-methyl/N-ethyl adjacent to an activating group) is 1. The molecule has 1 aromatic carbocycles. The number of hydrogen-bond acceptors (Lipinski definition) is 2. The number of amides is 1. The van der Waals surface area contributed by atoms with Crippen LogP contribution < -0.4 is 4.90 Å². The van der Waals surface area contributed by atoms with E-state index < -0.39 is 0 Å². The summed E-state index contributed by atoms with van der Waals surface area (Å²) in [7, 11) is 3.59. The van der Waals surface area contributed by atoms with Crippen molar-refractivity contribution < 1.29 is 4.79 Å². The second kappa shape index (κ2) is 5.21. The fourth-order valence-corrected chi connectivity index (χ4v) is 2.13. The summed E-state index contributed by atoms with van der Waals surface area (Å²) in [6.45, 7) is 2.33. The first kappa shape index (κ1) is 12.0. The Morgan fingerprint density at radius 3 is 2.29 bits per heavy atom. The smallest absolute Gasteiger partial charge is 0.226 e. The van der Waals surface area contributed by atoms with Crippen LogP contribution in [0.5, 0.6) is 0 Å². The highest BCUT2D eigenvalue weighted by Crippen LogP contribution is 2.20. The first-order chi connectivity index (χ1) is 8.16. The Morgan fingerprint density at radius 2 is 1.76 bits per heavy atom. The Balaban J connectivity index is 2.00. The third-order valence-electron chi connectivity index (χ3n) is 3.26. The molecule has 0 atom stereocenters. The van der Waals surface area contributed by atoms with E-state index in [-0.39, 0.29) is 5.91 Å². The molecular weight excluding hydrogens is 212 g/mol. The van der Waals surface area contributed by atoms with Gasteiger partial charge in [-0.2, -0.15) is 0 Å². The maximum Gasteiger partial charge on any atom is 0.226 e. The Bertz CT molecular complexity index is 378. The summed E-state index contributed by atoms with van der Waals surface area (Å²) in [5, 5.41) is 0. The van der Waals surface area contributed by atoms with Gasteiger partial charge in [0.25, 0.3) is 0 Å². The predicted octanol–water partition coefficient (Wildman–Crippen LogP) is 1.92. The van der Waals surface area contributed by atoms with Crippen molar-refractivity contribution in [1.82, 2.24) is 4.90 Å². The first-order valence-electron chi connectivity index (χ1n) is 6.21. The van der Waals surface area contributed by atoms with Gasteiger partial charge in [-0.05, 0) is 30.5 Å². The van der Waals surface area contributed by atoms with Gasteiger partial charge in [-0.1, -0.05) is 12.1 Å². The number of carbonyl (C=O) groups is 1. The van der Waals surface area contributed by atoms with E-state index in [2.05, 4.69) is 29.2 Å². The molecule has 92 valence electrons. The Kier molecular flexibility index (Phi) is 3.67. The van der Waals surface area contributed by atoms with E-state index in [1.54, 1.807) is 19.0 Å². The number of hydrogen-bond donors (Lipinski definition) is 0. The number of benzene rings is 1. The Labute approximate surface area is 103 Å². The topological polar surface area (TPSA) is 23.6 Å². The summed E-state index contributed by atoms with van der Waals surface area (Å²) in [5.41, 5.74) is 2.37. The molecule has 1 saturated heterocycles. The van der Waals surface area contributed by atoms with Crippen LogP contribution in [0, 0.1) is 0 Å². The van der Waals surface area contributed by atoms with Crippen LogP contribution in [0.4, 0.5) is 5.69 Å². The van der Waals surface area contributed by atoms with Crippen LogP contribution >= 0.6 is 0 Å². The molecular formula is C14H20N2O. The van der Waals surface area contributed by atoms with Crippen LogP contribution in [0.1, 0.15) is 18.4 Å². The Hall–Kier alpha value is -1.51. The van der Waals surface area contributed by atoms with E-state index in [4.69, 9.17) is 0 Å². The molecule has 1 aromatic rings. The lowest BCUT2D eigenvalue weighted by Crippen LogP contribution is -2.23. The molecule has 0 spiro atoms. The zero-order chi connectivity index (χ0) is 12.3. The minimum Gasteiger partial charge on any atom is -0.372 e. The van der Waals surface area contributed by atoms with E-state index in [0.29, 0.717) is 6.42 Å². The average Bonchev–Trinajstić information content (AvgIpc) is 2.83. The minimum absolute atomic E-state index is 0.152. The zero-order valence-corrected chi connectivity index (χ0v) is 10.6. The average molecular weight is 232 g/mol. The van der Waals surface area contributed by atoms with Crippen LogP contribution in [0.15, 0.2) is 24.3 Å². The van der Waals surface area contributed by atoms with Crippen molar-refractivity contribution in [2.75, 3.05) is 32.1 Å². The maximum absolute atomic E-state index is 11.6. The second-order valence-corrected chi connectivity index (χ2v) is 4.83. The van der Waals surface area contributed by atoms with Gasteiger partial charge in [0.05, 0.1) is 6.42 Å². The molecule has 17 heavy (non-hydrogen) atoms. The van der Waals surface area contributed by atoms with Crippen molar-refractivity contribution in [3.63, 3.8) is 0 Å². The molecule has 0 saturated carbocycles. The lowest BCUT2D eigenvalue weighted by molar-refractivity contribution is -0.127. The Morgan fingerprint density at radius 1 is 1.18 bits per heavy atom. The first-order valence-corrected chi connectivity index (χ1v) is 6.21. The summed E-state index contributed by atoms with van der Waals surface area (Å²) in [6.07, 6.45) is 3.08. The molecule has 3 nitrogen and oxygen atoms in total. The molecule has 1 fully saturated rings. The molecule has 2 rings (SSSR count). The molecule has 1 aliphatic heterocycles. The van der Waals surface area contributed by atoms with Crippen molar-refractivity contribution >= 4 is 11.6 Å². The SMILES string of the molecule is CN(C)C(=O)Cc1ccc(N2CCCC2)cc1. The normalized spacial score (nSPS) is 15.1. The summed E-state index contributed by atoms with van der Waals surface area (Å²) >= 11 is 0. The fraction of sp³-hybridized carbons (Fsp3) is 0.500. The molecule has 0 aliphatic carbocycles. The number of nitrogens with zero attached hydrogens (tertiary/aromatic N) is 2. The van der Waals surface area contributed by atoms with Gasteiger partial charge in [0, 0.05) is 32.9 Å². The van der Waals surface area contributed by atoms with E-state index in [9.17, 15) is 4.79 Å². The van der Waals surface area contributed by atoms with Gasteiger partial charge in [0.2, 0.25) is 5.91 Å². The van der Waals surface area contributed by atoms with E-state index >= 15 is 0 Å². The predicted molar refractivity (Wildman–Crippen MR) is 70.3 cm³/mol. The largest absolute Gasteiger partial charge is 0.372 e. The highest BCUT2D eigenvalue weighted by Gasteiger charge is 2.12. The lowest BCUT2D eigenvalue weighted by atomic mass is 10.1. The number of carbonyl (C=O) groups excluding carboxylic acids is 1. The van der Waals surface area contributed by atoms with Crippen molar-refractivity contribution in [2.24, 2.45) is 0 Å². The zero-order valence-electron chi connectivity index (χ0n) is 10.6. The third-order valence-corrected chi connectivity index (χ3v) is 3.26. The second-order valence-electron chi connectivity index (χ2n) is 4.83. The molecule has 0 radical (unpaired) electrons. The van der Waals surface area contributed by atoms with Crippen LogP contribution in [0.25, 0.3) is 0 Å². The molecule has 0 bridgehead atoms. The van der Waals surface area contributed by atoms with Crippen molar-refractivity contribution in [3.05, 3.63) is 29.8 Å². The molecule has 0 aromatic heterocycles. The highest BCUT2D eigenvalue weighted by molar-refractivity contribution is 5.78. The van der Waals surface area contributed by atoms with Gasteiger partial charge in [0.15, 0.2) is 0 Å². The van der Waals surface area contributed by atoms with Crippen molar-refractivity contribution in [2.45, 2.75) is 19.3 Å². The van der Waals surface area contributed by atoms with Gasteiger partial charge in [0.1, 0.15) is 0 Å². The number of rotatable bonds is 3. The molecule has 3 heteroatoms. The van der Waals surface area contributed by atoms with E-state index in [1.165, 1.54) is 18.5 Å². The molecule has 0 N–H and O–H groups in total.